The molecule has 0 atom stereocenters. The average molecular weight is 466 g/mol. The fraction of sp³-hybridized carbons (Fsp3) is 0.280. The van der Waals surface area contributed by atoms with Crippen LogP contribution in [0, 0.1) is 0 Å². The zero-order chi connectivity index (χ0) is 23.4. The summed E-state index contributed by atoms with van der Waals surface area (Å²) in [6, 6.07) is 17.9. The maximum absolute atomic E-state index is 13.4. The average Bonchev–Trinajstić information content (AvgIpc) is 3.68. The molecule has 1 saturated carbocycles. The number of ether oxygens (including phenoxy) is 1. The molecule has 0 N–H and O–H groups in total. The maximum Gasteiger partial charge on any atom is 0.254 e. The summed E-state index contributed by atoms with van der Waals surface area (Å²) in [7, 11) is -0.952. The van der Waals surface area contributed by atoms with Gasteiger partial charge in [0.25, 0.3) is 5.91 Å². The van der Waals surface area contributed by atoms with E-state index in [0.29, 0.717) is 12.1 Å². The summed E-state index contributed by atoms with van der Waals surface area (Å²) >= 11 is 0. The van der Waals surface area contributed by atoms with Crippen LogP contribution in [0.4, 0.5) is 0 Å². The van der Waals surface area contributed by atoms with E-state index in [9.17, 15) is 13.2 Å². The van der Waals surface area contributed by atoms with Crippen molar-refractivity contribution >= 4 is 15.9 Å². The van der Waals surface area contributed by atoms with Crippen LogP contribution in [0.15, 0.2) is 78.0 Å². The molecule has 0 spiro atoms. The Morgan fingerprint density at radius 1 is 1.03 bits per heavy atom. The van der Waals surface area contributed by atoms with Crippen molar-refractivity contribution in [2.45, 2.75) is 36.9 Å². The molecular weight excluding hydrogens is 438 g/mol. The van der Waals surface area contributed by atoms with Crippen molar-refractivity contribution in [2.24, 2.45) is 0 Å². The van der Waals surface area contributed by atoms with Gasteiger partial charge >= 0.3 is 0 Å². The lowest BCUT2D eigenvalue weighted by Gasteiger charge is -2.24. The number of hydrogen-bond acceptors (Lipinski definition) is 5. The first-order valence-electron chi connectivity index (χ1n) is 10.8. The minimum absolute atomic E-state index is 0.0218. The van der Waals surface area contributed by atoms with Gasteiger partial charge in [-0.3, -0.25) is 9.78 Å². The Bertz CT molecular complexity index is 1210. The topological polar surface area (TPSA) is 79.8 Å². The minimum Gasteiger partial charge on any atom is -0.495 e. The number of rotatable bonds is 9. The normalized spacial score (nSPS) is 13.7. The zero-order valence-corrected chi connectivity index (χ0v) is 19.5. The Balaban J connectivity index is 1.63. The summed E-state index contributed by atoms with van der Waals surface area (Å²) in [5.41, 5.74) is 2.12. The molecule has 1 heterocycles. The monoisotopic (exact) mass is 465 g/mol. The number of sulfonamides is 1. The van der Waals surface area contributed by atoms with Gasteiger partial charge in [-0.05, 0) is 48.2 Å². The highest BCUT2D eigenvalue weighted by Gasteiger charge is 2.34. The Morgan fingerprint density at radius 2 is 1.76 bits per heavy atom. The summed E-state index contributed by atoms with van der Waals surface area (Å²) in [5.74, 6) is 0.00265. The second-order valence-electron chi connectivity index (χ2n) is 8.14. The summed E-state index contributed by atoms with van der Waals surface area (Å²) in [6.45, 7) is 0.638. The van der Waals surface area contributed by atoms with Gasteiger partial charge in [0.2, 0.25) is 10.0 Å². The first-order chi connectivity index (χ1) is 15.9. The van der Waals surface area contributed by atoms with E-state index in [4.69, 9.17) is 4.74 Å². The maximum atomic E-state index is 13.4. The molecule has 1 aliphatic carbocycles. The Morgan fingerprint density at radius 3 is 2.39 bits per heavy atom. The van der Waals surface area contributed by atoms with Crippen molar-refractivity contribution in [3.63, 3.8) is 0 Å². The third-order valence-corrected chi connectivity index (χ3v) is 7.50. The quantitative estimate of drug-likeness (QED) is 0.481. The SMILES string of the molecule is COc1ccc(C(=O)N(Cc2cccnc2)C2CC2)cc1S(=O)(=O)N(C)Cc1ccccc1. The van der Waals surface area contributed by atoms with Gasteiger partial charge in [-0.25, -0.2) is 8.42 Å². The molecule has 0 saturated heterocycles. The largest absolute Gasteiger partial charge is 0.495 e. The lowest BCUT2D eigenvalue weighted by atomic mass is 10.1. The zero-order valence-electron chi connectivity index (χ0n) is 18.7. The summed E-state index contributed by atoms with van der Waals surface area (Å²) < 4.78 is 33.4. The molecule has 0 unspecified atom stereocenters. The Hall–Kier alpha value is -3.23. The van der Waals surface area contributed by atoms with E-state index in [1.165, 1.54) is 24.5 Å². The van der Waals surface area contributed by atoms with Gasteiger partial charge < -0.3 is 9.64 Å². The molecule has 7 nitrogen and oxygen atoms in total. The molecule has 1 amide bonds. The van der Waals surface area contributed by atoms with Crippen LogP contribution in [0.3, 0.4) is 0 Å². The molecule has 0 radical (unpaired) electrons. The van der Waals surface area contributed by atoms with E-state index in [1.54, 1.807) is 29.4 Å². The summed E-state index contributed by atoms with van der Waals surface area (Å²) in [6.07, 6.45) is 5.31. The number of hydrogen-bond donors (Lipinski definition) is 0. The van der Waals surface area contributed by atoms with Gasteiger partial charge in [-0.2, -0.15) is 4.31 Å². The molecule has 0 aliphatic heterocycles. The van der Waals surface area contributed by atoms with E-state index < -0.39 is 10.0 Å². The third kappa shape index (κ3) is 5.23. The summed E-state index contributed by atoms with van der Waals surface area (Å²) in [5, 5.41) is 0. The van der Waals surface area contributed by atoms with Crippen molar-refractivity contribution in [3.8, 4) is 5.75 Å². The fourth-order valence-electron chi connectivity index (χ4n) is 3.71. The van der Waals surface area contributed by atoms with Crippen LogP contribution in [-0.2, 0) is 23.1 Å². The molecule has 1 aliphatic rings. The van der Waals surface area contributed by atoms with Crippen LogP contribution in [0.5, 0.6) is 5.75 Å². The van der Waals surface area contributed by atoms with Gasteiger partial charge in [0.1, 0.15) is 10.6 Å². The lowest BCUT2D eigenvalue weighted by Crippen LogP contribution is -2.33. The second kappa shape index (κ2) is 9.72. The lowest BCUT2D eigenvalue weighted by molar-refractivity contribution is 0.0729. The highest BCUT2D eigenvalue weighted by Crippen LogP contribution is 2.32. The van der Waals surface area contributed by atoms with Crippen LogP contribution in [-0.4, -0.2) is 48.7 Å². The highest BCUT2D eigenvalue weighted by molar-refractivity contribution is 7.89. The number of nitrogens with zero attached hydrogens (tertiary/aromatic N) is 3. The highest BCUT2D eigenvalue weighted by atomic mass is 32.2. The number of benzene rings is 2. The molecule has 2 aromatic carbocycles. The number of carbonyl (C=O) groups is 1. The van der Waals surface area contributed by atoms with Crippen LogP contribution in [0.2, 0.25) is 0 Å². The number of amides is 1. The van der Waals surface area contributed by atoms with Crippen molar-refractivity contribution in [1.82, 2.24) is 14.2 Å². The Kier molecular flexibility index (Phi) is 6.76. The fourth-order valence-corrected chi connectivity index (χ4v) is 5.05. The Labute approximate surface area is 194 Å². The number of pyridine rings is 1. The van der Waals surface area contributed by atoms with Crippen molar-refractivity contribution < 1.29 is 17.9 Å². The van der Waals surface area contributed by atoms with Crippen LogP contribution in [0.25, 0.3) is 0 Å². The first-order valence-corrected chi connectivity index (χ1v) is 12.2. The molecule has 0 bridgehead atoms. The smallest absolute Gasteiger partial charge is 0.254 e. The summed E-state index contributed by atoms with van der Waals surface area (Å²) in [4.78, 5) is 19.3. The molecule has 3 aromatic rings. The molecule has 4 rings (SSSR count). The van der Waals surface area contributed by atoms with Crippen molar-refractivity contribution in [2.75, 3.05) is 14.2 Å². The van der Waals surface area contributed by atoms with E-state index in [-0.39, 0.29) is 29.1 Å². The second-order valence-corrected chi connectivity index (χ2v) is 10.2. The van der Waals surface area contributed by atoms with E-state index in [2.05, 4.69) is 4.98 Å². The molecule has 33 heavy (non-hydrogen) atoms. The van der Waals surface area contributed by atoms with Crippen LogP contribution >= 0.6 is 0 Å². The molecule has 1 aromatic heterocycles. The number of aromatic nitrogens is 1. The van der Waals surface area contributed by atoms with Gasteiger partial charge in [-0.1, -0.05) is 36.4 Å². The minimum atomic E-state index is -3.90. The number of methoxy groups -OCH3 is 1. The van der Waals surface area contributed by atoms with Gasteiger partial charge in [0.05, 0.1) is 7.11 Å². The van der Waals surface area contributed by atoms with Crippen molar-refractivity contribution in [1.29, 1.82) is 0 Å². The standard InChI is InChI=1S/C25H27N3O4S/c1-27(17-19-7-4-3-5-8-19)33(30,31)24-15-21(10-13-23(24)32-2)25(29)28(22-11-12-22)18-20-9-6-14-26-16-20/h3-10,13-16,22H,11-12,17-18H2,1-2H3. The number of carbonyl (C=O) groups excluding carboxylic acids is 1. The molecule has 8 heteroatoms. The van der Waals surface area contributed by atoms with Crippen LogP contribution < -0.4 is 4.74 Å². The third-order valence-electron chi connectivity index (χ3n) is 5.67. The van der Waals surface area contributed by atoms with E-state index in [1.807, 2.05) is 42.5 Å². The van der Waals surface area contributed by atoms with Crippen LogP contribution in [0.1, 0.15) is 34.3 Å². The molecule has 1 fully saturated rings. The van der Waals surface area contributed by atoms with Gasteiger partial charge in [0.15, 0.2) is 0 Å². The predicted octanol–water partition coefficient (Wildman–Crippen LogP) is 3.72. The van der Waals surface area contributed by atoms with E-state index in [0.717, 1.165) is 24.0 Å². The van der Waals surface area contributed by atoms with Gasteiger partial charge in [-0.15, -0.1) is 0 Å². The van der Waals surface area contributed by atoms with Gasteiger partial charge in [0, 0.05) is 44.1 Å². The predicted molar refractivity (Wildman–Crippen MR) is 125 cm³/mol. The van der Waals surface area contributed by atoms with Crippen molar-refractivity contribution in [3.05, 3.63) is 89.7 Å². The first kappa shape index (κ1) is 22.9. The van der Waals surface area contributed by atoms with E-state index >= 15 is 0 Å². The molecular formula is C25H27N3O4S. The molecule has 172 valence electrons.